The van der Waals surface area contributed by atoms with Crippen molar-refractivity contribution in [2.24, 2.45) is 0 Å². The molecule has 0 saturated carbocycles. The summed E-state index contributed by atoms with van der Waals surface area (Å²) in [6.45, 7) is 4.42. The predicted molar refractivity (Wildman–Crippen MR) is 136 cm³/mol. The minimum atomic E-state index is -1.13. The molecule has 0 bridgehead atoms. The number of carbonyl (C=O) groups excluding carboxylic acids is 2. The Balaban J connectivity index is 1.55. The number of amides is 3. The van der Waals surface area contributed by atoms with Gasteiger partial charge in [0.1, 0.15) is 5.75 Å². The average molecular weight is 466 g/mol. The number of hydrogen-bond acceptors (Lipinski definition) is 3. The third-order valence-electron chi connectivity index (χ3n) is 7.63. The highest BCUT2D eigenvalue weighted by Gasteiger charge is 2.60. The molecule has 4 aromatic rings. The number of H-pyrrole nitrogens is 1. The number of urea groups is 1. The summed E-state index contributed by atoms with van der Waals surface area (Å²) in [6, 6.07) is 23.5. The molecule has 2 unspecified atom stereocenters. The smallest absolute Gasteiger partial charge is 0.332 e. The zero-order valence-electron chi connectivity index (χ0n) is 20.0. The molecule has 2 aliphatic rings. The first-order chi connectivity index (χ1) is 17.0. The molecule has 3 aromatic carbocycles. The summed E-state index contributed by atoms with van der Waals surface area (Å²) in [5.74, 6) is 0.281. The van der Waals surface area contributed by atoms with Crippen molar-refractivity contribution in [3.8, 4) is 5.75 Å². The van der Waals surface area contributed by atoms with Gasteiger partial charge in [-0.3, -0.25) is 4.79 Å². The molecule has 0 radical (unpaired) electrons. The van der Waals surface area contributed by atoms with Crippen LogP contribution < -0.4 is 9.64 Å². The number of anilines is 1. The first-order valence-electron chi connectivity index (χ1n) is 12.0. The maximum absolute atomic E-state index is 14.0. The Morgan fingerprint density at radius 3 is 2.54 bits per heavy atom. The lowest BCUT2D eigenvalue weighted by atomic mass is 9.78. The SMILES string of the molecule is CCc1ccc(C2CN3C(=O)N(c4cccc(OC)c4)C(=O)C3(C)c3[nH]c4ccccc4c32)cc1. The van der Waals surface area contributed by atoms with Gasteiger partial charge in [-0.25, -0.2) is 9.69 Å². The molecule has 1 fully saturated rings. The number of aromatic nitrogens is 1. The summed E-state index contributed by atoms with van der Waals surface area (Å²) in [6.07, 6.45) is 0.968. The van der Waals surface area contributed by atoms with Gasteiger partial charge in [0.15, 0.2) is 5.54 Å². The second-order valence-corrected chi connectivity index (χ2v) is 9.41. The number of nitrogens with one attached hydrogen (secondary N) is 1. The van der Waals surface area contributed by atoms with Crippen molar-refractivity contribution in [1.29, 1.82) is 0 Å². The second kappa shape index (κ2) is 7.73. The van der Waals surface area contributed by atoms with Crippen LogP contribution in [0.5, 0.6) is 5.75 Å². The minimum Gasteiger partial charge on any atom is -0.497 e. The number of carbonyl (C=O) groups is 2. The summed E-state index contributed by atoms with van der Waals surface area (Å²) < 4.78 is 5.35. The van der Waals surface area contributed by atoms with Crippen LogP contribution in [0.1, 0.15) is 42.1 Å². The van der Waals surface area contributed by atoms with E-state index in [9.17, 15) is 9.59 Å². The number of para-hydroxylation sites is 1. The monoisotopic (exact) mass is 465 g/mol. The lowest BCUT2D eigenvalue weighted by Gasteiger charge is -2.40. The van der Waals surface area contributed by atoms with Crippen LogP contribution in [0, 0.1) is 0 Å². The van der Waals surface area contributed by atoms with Crippen molar-refractivity contribution in [3.05, 3.63) is 95.2 Å². The van der Waals surface area contributed by atoms with Gasteiger partial charge in [-0.05, 0) is 48.2 Å². The Morgan fingerprint density at radius 2 is 1.80 bits per heavy atom. The second-order valence-electron chi connectivity index (χ2n) is 9.41. The van der Waals surface area contributed by atoms with E-state index < -0.39 is 5.54 Å². The van der Waals surface area contributed by atoms with E-state index in [2.05, 4.69) is 42.2 Å². The van der Waals surface area contributed by atoms with Crippen LogP contribution in [0.4, 0.5) is 10.5 Å². The van der Waals surface area contributed by atoms with Gasteiger partial charge in [-0.2, -0.15) is 0 Å². The molecule has 0 spiro atoms. The van der Waals surface area contributed by atoms with Gasteiger partial charge in [0.25, 0.3) is 5.91 Å². The summed E-state index contributed by atoms with van der Waals surface area (Å²) in [5.41, 5.74) is 4.64. The molecule has 1 aromatic heterocycles. The maximum Gasteiger partial charge on any atom is 0.332 e. The van der Waals surface area contributed by atoms with Gasteiger partial charge in [0.05, 0.1) is 18.5 Å². The Bertz CT molecular complexity index is 1470. The summed E-state index contributed by atoms with van der Waals surface area (Å²) in [7, 11) is 1.57. The number of hydrogen-bond donors (Lipinski definition) is 1. The predicted octanol–water partition coefficient (Wildman–Crippen LogP) is 5.57. The molecular weight excluding hydrogens is 438 g/mol. The number of imide groups is 1. The molecule has 0 aliphatic carbocycles. The van der Waals surface area contributed by atoms with Crippen LogP contribution in [-0.2, 0) is 16.8 Å². The van der Waals surface area contributed by atoms with Crippen LogP contribution in [0.3, 0.4) is 0 Å². The molecule has 1 N–H and O–H groups in total. The highest BCUT2D eigenvalue weighted by molar-refractivity contribution is 6.23. The van der Waals surface area contributed by atoms with Crippen LogP contribution in [-0.4, -0.2) is 35.5 Å². The Morgan fingerprint density at radius 1 is 1.03 bits per heavy atom. The lowest BCUT2D eigenvalue weighted by Crippen LogP contribution is -2.50. The van der Waals surface area contributed by atoms with Crippen molar-refractivity contribution in [1.82, 2.24) is 9.88 Å². The number of benzene rings is 3. The molecule has 3 amide bonds. The Labute approximate surface area is 204 Å². The molecule has 3 heterocycles. The molecule has 2 atom stereocenters. The Kier molecular flexibility index (Phi) is 4.74. The zero-order chi connectivity index (χ0) is 24.3. The van der Waals surface area contributed by atoms with E-state index in [0.717, 1.165) is 34.1 Å². The van der Waals surface area contributed by atoms with E-state index in [1.165, 1.54) is 10.5 Å². The molecule has 6 rings (SSSR count). The van der Waals surface area contributed by atoms with Crippen molar-refractivity contribution in [2.75, 3.05) is 18.6 Å². The van der Waals surface area contributed by atoms with Crippen LogP contribution >= 0.6 is 0 Å². The topological polar surface area (TPSA) is 65.6 Å². The normalized spacial score (nSPS) is 21.4. The lowest BCUT2D eigenvalue weighted by molar-refractivity contribution is -0.125. The van der Waals surface area contributed by atoms with Crippen molar-refractivity contribution >= 4 is 28.5 Å². The average Bonchev–Trinajstić information content (AvgIpc) is 3.38. The first kappa shape index (κ1) is 21.5. The maximum atomic E-state index is 14.0. The molecular formula is C29H27N3O3. The van der Waals surface area contributed by atoms with Gasteiger partial charge < -0.3 is 14.6 Å². The fourth-order valence-corrected chi connectivity index (χ4v) is 5.65. The van der Waals surface area contributed by atoms with Gasteiger partial charge in [-0.1, -0.05) is 55.5 Å². The summed E-state index contributed by atoms with van der Waals surface area (Å²) >= 11 is 0. The van der Waals surface area contributed by atoms with Gasteiger partial charge >= 0.3 is 6.03 Å². The summed E-state index contributed by atoms with van der Waals surface area (Å²) in [4.78, 5) is 34.4. The number of rotatable bonds is 4. The zero-order valence-corrected chi connectivity index (χ0v) is 20.0. The third-order valence-corrected chi connectivity index (χ3v) is 7.63. The van der Waals surface area contributed by atoms with Crippen molar-refractivity contribution in [2.45, 2.75) is 31.7 Å². The largest absolute Gasteiger partial charge is 0.497 e. The molecule has 176 valence electrons. The number of aryl methyl sites for hydroxylation is 1. The van der Waals surface area contributed by atoms with E-state index in [4.69, 9.17) is 4.74 Å². The van der Waals surface area contributed by atoms with Crippen molar-refractivity contribution in [3.63, 3.8) is 0 Å². The molecule has 6 nitrogen and oxygen atoms in total. The van der Waals surface area contributed by atoms with E-state index in [1.54, 1.807) is 36.3 Å². The molecule has 35 heavy (non-hydrogen) atoms. The van der Waals surface area contributed by atoms with Gasteiger partial charge in [0, 0.05) is 29.4 Å². The van der Waals surface area contributed by atoms with E-state index >= 15 is 0 Å². The fourth-order valence-electron chi connectivity index (χ4n) is 5.65. The number of methoxy groups -OCH3 is 1. The Hall–Kier alpha value is -4.06. The number of nitrogens with zero attached hydrogens (tertiary/aromatic N) is 2. The van der Waals surface area contributed by atoms with Crippen LogP contribution in [0.2, 0.25) is 0 Å². The highest BCUT2D eigenvalue weighted by Crippen LogP contribution is 2.50. The van der Waals surface area contributed by atoms with E-state index in [0.29, 0.717) is 18.0 Å². The van der Waals surface area contributed by atoms with Gasteiger partial charge in [-0.15, -0.1) is 0 Å². The van der Waals surface area contributed by atoms with Crippen LogP contribution in [0.25, 0.3) is 10.9 Å². The standard InChI is InChI=1S/C29H27N3O3/c1-4-18-12-14-19(15-13-18)23-17-31-28(34)32(20-8-7-9-21(16-20)35-3)27(33)29(31,2)26-25(23)22-10-5-6-11-24(22)30-26/h5-16,23,30H,4,17H2,1-3H3. The van der Waals surface area contributed by atoms with E-state index in [-0.39, 0.29) is 17.9 Å². The summed E-state index contributed by atoms with van der Waals surface area (Å²) in [5, 5.41) is 1.09. The van der Waals surface area contributed by atoms with Crippen LogP contribution in [0.15, 0.2) is 72.8 Å². The van der Waals surface area contributed by atoms with E-state index in [1.807, 2.05) is 25.1 Å². The highest BCUT2D eigenvalue weighted by atomic mass is 16.5. The number of aromatic amines is 1. The van der Waals surface area contributed by atoms with Gasteiger partial charge in [0.2, 0.25) is 0 Å². The number of ether oxygens (including phenoxy) is 1. The van der Waals surface area contributed by atoms with Crippen molar-refractivity contribution < 1.29 is 14.3 Å². The minimum absolute atomic E-state index is 0.0536. The molecule has 6 heteroatoms. The third kappa shape index (κ3) is 2.95. The molecule has 1 saturated heterocycles. The first-order valence-corrected chi connectivity index (χ1v) is 12.0. The molecule has 2 aliphatic heterocycles. The number of fused-ring (bicyclic) bond motifs is 5. The quantitative estimate of drug-likeness (QED) is 0.401. The fraction of sp³-hybridized carbons (Fsp3) is 0.241.